The van der Waals surface area contributed by atoms with Crippen molar-refractivity contribution in [2.45, 2.75) is 12.3 Å². The molecule has 1 amide bonds. The number of halogens is 1. The topological polar surface area (TPSA) is 29.1 Å². The molecule has 0 saturated carbocycles. The summed E-state index contributed by atoms with van der Waals surface area (Å²) in [7, 11) is 0. The number of hydrogen-bond donors (Lipinski definition) is 1. The Kier molecular flexibility index (Phi) is 3.82. The van der Waals surface area contributed by atoms with Crippen LogP contribution in [0.1, 0.15) is 6.92 Å². The van der Waals surface area contributed by atoms with Crippen LogP contribution in [0.4, 0.5) is 5.69 Å². The molecule has 4 heteroatoms. The zero-order valence-corrected chi connectivity index (χ0v) is 10.9. The van der Waals surface area contributed by atoms with Crippen LogP contribution >= 0.6 is 22.9 Å². The van der Waals surface area contributed by atoms with Gasteiger partial charge < -0.3 is 5.32 Å². The first-order valence-corrected chi connectivity index (χ1v) is 6.58. The normalized spacial score (nSPS) is 12.1. The first-order chi connectivity index (χ1) is 8.18. The predicted molar refractivity (Wildman–Crippen MR) is 73.7 cm³/mol. The van der Waals surface area contributed by atoms with Gasteiger partial charge in [0.15, 0.2) is 0 Å². The lowest BCUT2D eigenvalue weighted by molar-refractivity contribution is -0.115. The molecule has 0 aliphatic rings. The summed E-state index contributed by atoms with van der Waals surface area (Å²) in [5.41, 5.74) is 1.82. The minimum atomic E-state index is -0.536. The summed E-state index contributed by atoms with van der Waals surface area (Å²) in [4.78, 5) is 12.7. The number of benzene rings is 1. The minimum absolute atomic E-state index is 0.185. The van der Waals surface area contributed by atoms with E-state index < -0.39 is 5.38 Å². The molecular formula is C13H12ClNOS. The fourth-order valence-electron chi connectivity index (χ4n) is 1.47. The molecule has 17 heavy (non-hydrogen) atoms. The molecule has 0 radical (unpaired) electrons. The summed E-state index contributed by atoms with van der Waals surface area (Å²) < 4.78 is 0. The van der Waals surface area contributed by atoms with Crippen LogP contribution in [0.5, 0.6) is 0 Å². The number of alkyl halides is 1. The van der Waals surface area contributed by atoms with E-state index in [0.29, 0.717) is 0 Å². The van der Waals surface area contributed by atoms with Crippen LogP contribution < -0.4 is 5.32 Å². The summed E-state index contributed by atoms with van der Waals surface area (Å²) >= 11 is 7.39. The summed E-state index contributed by atoms with van der Waals surface area (Å²) in [6.07, 6.45) is 0. The summed E-state index contributed by atoms with van der Waals surface area (Å²) in [5.74, 6) is -0.185. The van der Waals surface area contributed by atoms with Gasteiger partial charge in [0.1, 0.15) is 5.38 Å². The van der Waals surface area contributed by atoms with Crippen LogP contribution in [0.15, 0.2) is 41.8 Å². The molecule has 2 aromatic rings. The Hall–Kier alpha value is -1.32. The van der Waals surface area contributed by atoms with Gasteiger partial charge in [0.2, 0.25) is 5.91 Å². The highest BCUT2D eigenvalue weighted by molar-refractivity contribution is 7.13. The van der Waals surface area contributed by atoms with E-state index in [1.54, 1.807) is 18.3 Å². The fourth-order valence-corrected chi connectivity index (χ4v) is 2.29. The number of para-hydroxylation sites is 1. The maximum absolute atomic E-state index is 11.6. The fraction of sp³-hybridized carbons (Fsp3) is 0.154. The third-order valence-corrected chi connectivity index (χ3v) is 3.43. The third-order valence-electron chi connectivity index (χ3n) is 2.33. The molecule has 88 valence electrons. The number of amides is 1. The van der Waals surface area contributed by atoms with Crippen molar-refractivity contribution in [3.63, 3.8) is 0 Å². The van der Waals surface area contributed by atoms with Gasteiger partial charge in [0.05, 0.1) is 0 Å². The number of anilines is 1. The molecule has 1 N–H and O–H groups in total. The third kappa shape index (κ3) is 2.87. The molecule has 0 aliphatic heterocycles. The van der Waals surface area contributed by atoms with Gasteiger partial charge in [0.25, 0.3) is 0 Å². The Balaban J connectivity index is 2.32. The van der Waals surface area contributed by atoms with E-state index in [1.165, 1.54) is 0 Å². The van der Waals surface area contributed by atoms with E-state index >= 15 is 0 Å². The number of thiophene rings is 1. The quantitative estimate of drug-likeness (QED) is 0.836. The average molecular weight is 266 g/mol. The molecule has 2 nitrogen and oxygen atoms in total. The lowest BCUT2D eigenvalue weighted by Crippen LogP contribution is -2.20. The first kappa shape index (κ1) is 12.1. The number of nitrogens with one attached hydrogen (secondary N) is 1. The van der Waals surface area contributed by atoms with Gasteiger partial charge in [-0.1, -0.05) is 24.3 Å². The second-order valence-corrected chi connectivity index (χ2v) is 5.23. The monoisotopic (exact) mass is 265 g/mol. The maximum atomic E-state index is 11.6. The Morgan fingerprint density at radius 1 is 1.29 bits per heavy atom. The van der Waals surface area contributed by atoms with Gasteiger partial charge in [-0.2, -0.15) is 0 Å². The van der Waals surface area contributed by atoms with Crippen molar-refractivity contribution in [3.8, 4) is 10.4 Å². The van der Waals surface area contributed by atoms with Crippen molar-refractivity contribution in [3.05, 3.63) is 41.8 Å². The van der Waals surface area contributed by atoms with Crippen LogP contribution in [-0.4, -0.2) is 11.3 Å². The molecule has 2 rings (SSSR count). The largest absolute Gasteiger partial charge is 0.324 e. The van der Waals surface area contributed by atoms with E-state index in [-0.39, 0.29) is 5.91 Å². The lowest BCUT2D eigenvalue weighted by Gasteiger charge is -2.10. The molecule has 1 unspecified atom stereocenters. The lowest BCUT2D eigenvalue weighted by atomic mass is 10.1. The number of hydrogen-bond acceptors (Lipinski definition) is 2. The van der Waals surface area contributed by atoms with Gasteiger partial charge in [-0.25, -0.2) is 0 Å². The molecule has 1 atom stereocenters. The Bertz CT molecular complexity index is 508. The summed E-state index contributed by atoms with van der Waals surface area (Å²) in [6.45, 7) is 1.66. The average Bonchev–Trinajstić information content (AvgIpc) is 2.83. The highest BCUT2D eigenvalue weighted by Gasteiger charge is 2.12. The zero-order chi connectivity index (χ0) is 12.3. The zero-order valence-electron chi connectivity index (χ0n) is 9.31. The molecular weight excluding hydrogens is 254 g/mol. The van der Waals surface area contributed by atoms with Crippen molar-refractivity contribution in [2.24, 2.45) is 0 Å². The molecule has 1 aromatic carbocycles. The second-order valence-electron chi connectivity index (χ2n) is 3.63. The van der Waals surface area contributed by atoms with Crippen molar-refractivity contribution in [1.29, 1.82) is 0 Å². The Labute approximate surface area is 109 Å². The molecule has 0 spiro atoms. The van der Waals surface area contributed by atoms with Crippen molar-refractivity contribution < 1.29 is 4.79 Å². The Morgan fingerprint density at radius 2 is 2.06 bits per heavy atom. The Morgan fingerprint density at radius 3 is 2.71 bits per heavy atom. The van der Waals surface area contributed by atoms with Crippen LogP contribution in [-0.2, 0) is 4.79 Å². The minimum Gasteiger partial charge on any atom is -0.324 e. The first-order valence-electron chi connectivity index (χ1n) is 5.26. The molecule has 0 aliphatic carbocycles. The van der Waals surface area contributed by atoms with Crippen molar-refractivity contribution in [2.75, 3.05) is 5.32 Å². The summed E-state index contributed by atoms with van der Waals surface area (Å²) in [6, 6.07) is 11.7. The van der Waals surface area contributed by atoms with Crippen LogP contribution in [0.25, 0.3) is 10.4 Å². The molecule has 0 bridgehead atoms. The molecule has 1 aromatic heterocycles. The standard InChI is InChI=1S/C13H12ClNOS/c1-9(14)13(16)15-11-6-3-2-5-10(11)12-7-4-8-17-12/h2-9H,1H3,(H,15,16). The number of rotatable bonds is 3. The number of carbonyl (C=O) groups is 1. The molecule has 0 saturated heterocycles. The van der Waals surface area contributed by atoms with Crippen LogP contribution in [0, 0.1) is 0 Å². The number of carbonyl (C=O) groups excluding carboxylic acids is 1. The van der Waals surface area contributed by atoms with Gasteiger partial charge >= 0.3 is 0 Å². The van der Waals surface area contributed by atoms with Gasteiger partial charge in [-0.15, -0.1) is 22.9 Å². The molecule has 0 fully saturated rings. The van der Waals surface area contributed by atoms with E-state index in [1.807, 2.05) is 41.8 Å². The van der Waals surface area contributed by atoms with E-state index in [9.17, 15) is 4.79 Å². The van der Waals surface area contributed by atoms with E-state index in [2.05, 4.69) is 5.32 Å². The maximum Gasteiger partial charge on any atom is 0.242 e. The highest BCUT2D eigenvalue weighted by atomic mass is 35.5. The van der Waals surface area contributed by atoms with Crippen molar-refractivity contribution in [1.82, 2.24) is 0 Å². The summed E-state index contributed by atoms with van der Waals surface area (Å²) in [5, 5.41) is 4.31. The van der Waals surface area contributed by atoms with Crippen LogP contribution in [0.2, 0.25) is 0 Å². The molecule has 1 heterocycles. The highest BCUT2D eigenvalue weighted by Crippen LogP contribution is 2.31. The SMILES string of the molecule is CC(Cl)C(=O)Nc1ccccc1-c1cccs1. The van der Waals surface area contributed by atoms with E-state index in [4.69, 9.17) is 11.6 Å². The van der Waals surface area contributed by atoms with Gasteiger partial charge in [0, 0.05) is 16.1 Å². The van der Waals surface area contributed by atoms with E-state index in [0.717, 1.165) is 16.1 Å². The smallest absolute Gasteiger partial charge is 0.242 e. The predicted octanol–water partition coefficient (Wildman–Crippen LogP) is 3.98. The second kappa shape index (κ2) is 5.34. The van der Waals surface area contributed by atoms with Gasteiger partial charge in [-0.05, 0) is 24.4 Å². The van der Waals surface area contributed by atoms with Crippen LogP contribution in [0.3, 0.4) is 0 Å². The van der Waals surface area contributed by atoms with Gasteiger partial charge in [-0.3, -0.25) is 4.79 Å². The van der Waals surface area contributed by atoms with Crippen molar-refractivity contribution >= 4 is 34.5 Å².